The van der Waals surface area contributed by atoms with Gasteiger partial charge in [-0.25, -0.2) is 19.3 Å². The zero-order valence-corrected chi connectivity index (χ0v) is 21.6. The molecule has 1 aliphatic rings. The number of rotatable bonds is 8. The van der Waals surface area contributed by atoms with Gasteiger partial charge in [0.1, 0.15) is 11.3 Å². The van der Waals surface area contributed by atoms with E-state index in [1.54, 1.807) is 18.3 Å². The number of nitrogens with one attached hydrogen (secondary N) is 3. The lowest BCUT2D eigenvalue weighted by molar-refractivity contribution is 0.356. The molecule has 4 heterocycles. The summed E-state index contributed by atoms with van der Waals surface area (Å²) in [5.41, 5.74) is 8.44. The standard InChI is InChI=1S/C31H28FN7/c1-4-19(17-23(5-2)34-18(3)20-8-6-9-20)25-12-13-26-28(35-25)29(39-38-26)31-36-27-24(14-15-33-30(27)37-31)21-10-7-11-22(32)16-21/h4-5,7,10-17,20,34H,2-3,6,8-9H2,1H3,(H,38,39)(H,33,36,37)/b19-4+,23-17+. The molecule has 5 aromatic rings. The zero-order chi connectivity index (χ0) is 26.9. The molecule has 0 bridgehead atoms. The summed E-state index contributed by atoms with van der Waals surface area (Å²) >= 11 is 0. The second kappa shape index (κ2) is 10.1. The normalized spacial score (nSPS) is 14.5. The molecular weight excluding hydrogens is 489 g/mol. The highest BCUT2D eigenvalue weighted by molar-refractivity contribution is 5.95. The number of hydrogen-bond donors (Lipinski definition) is 3. The molecule has 0 radical (unpaired) electrons. The fourth-order valence-electron chi connectivity index (χ4n) is 4.81. The summed E-state index contributed by atoms with van der Waals surface area (Å²) in [5.74, 6) is 0.744. The van der Waals surface area contributed by atoms with E-state index in [1.165, 1.54) is 31.4 Å². The Morgan fingerprint density at radius 1 is 1.15 bits per heavy atom. The number of pyridine rings is 2. The molecule has 0 saturated heterocycles. The first-order chi connectivity index (χ1) is 19.0. The summed E-state index contributed by atoms with van der Waals surface area (Å²) in [7, 11) is 0. The average molecular weight is 518 g/mol. The topological polar surface area (TPSA) is 95.2 Å². The maximum Gasteiger partial charge on any atom is 0.178 e. The first kappa shape index (κ1) is 24.5. The Balaban J connectivity index is 1.37. The molecule has 3 N–H and O–H groups in total. The van der Waals surface area contributed by atoms with Gasteiger partial charge in [-0.15, -0.1) is 0 Å². The highest BCUT2D eigenvalue weighted by Gasteiger charge is 2.21. The third kappa shape index (κ3) is 4.65. The van der Waals surface area contributed by atoms with E-state index in [0.717, 1.165) is 39.3 Å². The van der Waals surface area contributed by atoms with Crippen LogP contribution >= 0.6 is 0 Å². The van der Waals surface area contributed by atoms with Gasteiger partial charge in [0.05, 0.1) is 16.7 Å². The van der Waals surface area contributed by atoms with E-state index in [-0.39, 0.29) is 5.82 Å². The van der Waals surface area contributed by atoms with Crippen LogP contribution in [0.5, 0.6) is 0 Å². The lowest BCUT2D eigenvalue weighted by Gasteiger charge is -2.28. The molecule has 6 rings (SSSR count). The van der Waals surface area contributed by atoms with E-state index >= 15 is 0 Å². The minimum Gasteiger partial charge on any atom is -0.359 e. The van der Waals surface area contributed by atoms with Gasteiger partial charge in [-0.2, -0.15) is 5.10 Å². The molecule has 0 unspecified atom stereocenters. The van der Waals surface area contributed by atoms with Crippen LogP contribution in [0.4, 0.5) is 4.39 Å². The highest BCUT2D eigenvalue weighted by Crippen LogP contribution is 2.33. The molecule has 1 saturated carbocycles. The van der Waals surface area contributed by atoms with Crippen molar-refractivity contribution in [2.24, 2.45) is 5.92 Å². The van der Waals surface area contributed by atoms with Crippen LogP contribution < -0.4 is 5.32 Å². The van der Waals surface area contributed by atoms with Gasteiger partial charge in [0.15, 0.2) is 17.2 Å². The molecule has 0 amide bonds. The predicted molar refractivity (Wildman–Crippen MR) is 154 cm³/mol. The van der Waals surface area contributed by atoms with Gasteiger partial charge in [-0.1, -0.05) is 37.8 Å². The summed E-state index contributed by atoms with van der Waals surface area (Å²) < 4.78 is 13.9. The number of fused-ring (bicyclic) bond motifs is 2. The number of imidazole rings is 1. The van der Waals surface area contributed by atoms with Crippen molar-refractivity contribution in [1.82, 2.24) is 35.5 Å². The number of H-pyrrole nitrogens is 2. The van der Waals surface area contributed by atoms with E-state index in [0.29, 0.717) is 34.1 Å². The largest absolute Gasteiger partial charge is 0.359 e. The molecule has 8 heteroatoms. The number of nitrogens with zero attached hydrogens (tertiary/aromatic N) is 4. The molecule has 0 atom stereocenters. The Morgan fingerprint density at radius 3 is 2.77 bits per heavy atom. The molecule has 4 aromatic heterocycles. The van der Waals surface area contributed by atoms with Gasteiger partial charge in [0, 0.05) is 23.2 Å². The van der Waals surface area contributed by atoms with Gasteiger partial charge < -0.3 is 10.3 Å². The monoisotopic (exact) mass is 517 g/mol. The third-order valence-corrected chi connectivity index (χ3v) is 7.20. The fourth-order valence-corrected chi connectivity index (χ4v) is 4.81. The van der Waals surface area contributed by atoms with Gasteiger partial charge in [-0.05, 0) is 79.3 Å². The SMILES string of the molecule is C=C/C(=C\C(=C/C)c1ccc2[nH]nc(-c3nc4nccc(-c5cccc(F)c5)c4[nH]3)c2n1)NC(=C)C1CCC1. The Hall–Kier alpha value is -4.85. The molecule has 39 heavy (non-hydrogen) atoms. The number of hydrogen-bond acceptors (Lipinski definition) is 5. The summed E-state index contributed by atoms with van der Waals surface area (Å²) in [6.45, 7) is 10.2. The van der Waals surface area contributed by atoms with Crippen LogP contribution in [0.15, 0.2) is 91.4 Å². The van der Waals surface area contributed by atoms with Crippen LogP contribution in [0.1, 0.15) is 31.9 Å². The molecule has 194 valence electrons. The Morgan fingerprint density at radius 2 is 2.03 bits per heavy atom. The predicted octanol–water partition coefficient (Wildman–Crippen LogP) is 7.08. The van der Waals surface area contributed by atoms with Crippen LogP contribution in [0.25, 0.3) is 50.4 Å². The maximum atomic E-state index is 13.9. The van der Waals surface area contributed by atoms with E-state index in [9.17, 15) is 4.39 Å². The minimum atomic E-state index is -0.303. The van der Waals surface area contributed by atoms with Crippen LogP contribution in [-0.2, 0) is 0 Å². The van der Waals surface area contributed by atoms with E-state index < -0.39 is 0 Å². The summed E-state index contributed by atoms with van der Waals surface area (Å²) in [6.07, 6.45) is 11.1. The lowest BCUT2D eigenvalue weighted by atomic mass is 9.83. The van der Waals surface area contributed by atoms with Gasteiger partial charge in [0.2, 0.25) is 0 Å². The van der Waals surface area contributed by atoms with Gasteiger partial charge in [-0.3, -0.25) is 5.10 Å². The first-order valence-corrected chi connectivity index (χ1v) is 13.0. The molecular formula is C31H28FN7. The third-order valence-electron chi connectivity index (χ3n) is 7.20. The smallest absolute Gasteiger partial charge is 0.178 e. The second-order valence-electron chi connectivity index (χ2n) is 9.64. The number of aromatic amines is 2. The van der Waals surface area contributed by atoms with Crippen molar-refractivity contribution in [2.45, 2.75) is 26.2 Å². The van der Waals surface area contributed by atoms with Gasteiger partial charge >= 0.3 is 0 Å². The first-order valence-electron chi connectivity index (χ1n) is 13.0. The van der Waals surface area contributed by atoms with Crippen molar-refractivity contribution in [3.63, 3.8) is 0 Å². The number of allylic oxidation sites excluding steroid dienone is 5. The molecule has 7 nitrogen and oxygen atoms in total. The highest BCUT2D eigenvalue weighted by atomic mass is 19.1. The second-order valence-corrected chi connectivity index (χ2v) is 9.64. The van der Waals surface area contributed by atoms with Crippen molar-refractivity contribution in [2.75, 3.05) is 0 Å². The molecule has 0 aliphatic heterocycles. The van der Waals surface area contributed by atoms with E-state index in [2.05, 4.69) is 38.6 Å². The number of aromatic nitrogens is 6. The maximum absolute atomic E-state index is 13.9. The Kier molecular flexibility index (Phi) is 6.36. The van der Waals surface area contributed by atoms with Crippen LogP contribution in [-0.4, -0.2) is 30.1 Å². The molecule has 1 aliphatic carbocycles. The lowest BCUT2D eigenvalue weighted by Crippen LogP contribution is -2.23. The number of halogens is 1. The zero-order valence-electron chi connectivity index (χ0n) is 21.6. The summed E-state index contributed by atoms with van der Waals surface area (Å²) in [5, 5.41) is 11.0. The van der Waals surface area contributed by atoms with Crippen molar-refractivity contribution in [1.29, 1.82) is 0 Å². The van der Waals surface area contributed by atoms with E-state index in [1.807, 2.05) is 43.3 Å². The van der Waals surface area contributed by atoms with Crippen molar-refractivity contribution >= 4 is 27.8 Å². The van der Waals surface area contributed by atoms with E-state index in [4.69, 9.17) is 9.97 Å². The van der Waals surface area contributed by atoms with Crippen LogP contribution in [0.2, 0.25) is 0 Å². The minimum absolute atomic E-state index is 0.303. The van der Waals surface area contributed by atoms with Crippen LogP contribution in [0, 0.1) is 11.7 Å². The average Bonchev–Trinajstić information content (AvgIpc) is 3.53. The molecule has 0 spiro atoms. The van der Waals surface area contributed by atoms with Crippen LogP contribution in [0.3, 0.4) is 0 Å². The molecule has 1 fully saturated rings. The fraction of sp³-hybridized carbons (Fsp3) is 0.161. The number of benzene rings is 1. The van der Waals surface area contributed by atoms with Crippen molar-refractivity contribution in [3.05, 3.63) is 103 Å². The van der Waals surface area contributed by atoms with Crippen molar-refractivity contribution in [3.8, 4) is 22.6 Å². The molecule has 1 aromatic carbocycles. The van der Waals surface area contributed by atoms with Gasteiger partial charge in [0.25, 0.3) is 0 Å². The Labute approximate surface area is 225 Å². The summed E-state index contributed by atoms with van der Waals surface area (Å²) in [6, 6.07) is 12.2. The Bertz CT molecular complexity index is 1790. The summed E-state index contributed by atoms with van der Waals surface area (Å²) in [4.78, 5) is 17.4. The van der Waals surface area contributed by atoms with Crippen molar-refractivity contribution < 1.29 is 4.39 Å². The quantitative estimate of drug-likeness (QED) is 0.191.